The Morgan fingerprint density at radius 2 is 2.20 bits per heavy atom. The van der Waals surface area contributed by atoms with Crippen molar-refractivity contribution in [2.45, 2.75) is 24.2 Å². The van der Waals surface area contributed by atoms with Crippen molar-refractivity contribution >= 4 is 32.0 Å². The number of anilines is 1. The fraction of sp³-hybridized carbons (Fsp3) is 0.556. The summed E-state index contributed by atoms with van der Waals surface area (Å²) in [6.45, 7) is 3.95. The van der Waals surface area contributed by atoms with Crippen LogP contribution in [0.2, 0.25) is 0 Å². The molecule has 0 atom stereocenters. The Morgan fingerprint density at radius 1 is 1.55 bits per heavy atom. The molecule has 0 bridgehead atoms. The Kier molecular flexibility index (Phi) is 5.83. The molecule has 0 unspecified atom stereocenters. The maximum atomic E-state index is 11.9. The van der Waals surface area contributed by atoms with Crippen LogP contribution in [0.15, 0.2) is 10.3 Å². The van der Waals surface area contributed by atoms with E-state index >= 15 is 0 Å². The van der Waals surface area contributed by atoms with Gasteiger partial charge in [-0.2, -0.15) is 0 Å². The minimum Gasteiger partial charge on any atom is -0.377 e. The number of nitrogen functional groups attached to an aromatic ring is 1. The van der Waals surface area contributed by atoms with Crippen LogP contribution in [0.3, 0.4) is 0 Å². The van der Waals surface area contributed by atoms with E-state index in [0.29, 0.717) is 11.3 Å². The molecule has 0 aromatic carbocycles. The van der Waals surface area contributed by atoms with E-state index in [1.807, 2.05) is 13.8 Å². The van der Waals surface area contributed by atoms with Gasteiger partial charge in [0.15, 0.2) is 5.00 Å². The van der Waals surface area contributed by atoms with Gasteiger partial charge < -0.3 is 10.2 Å². The van der Waals surface area contributed by atoms with Gasteiger partial charge in [0.25, 0.3) is 0 Å². The van der Waals surface area contributed by atoms with Crippen molar-refractivity contribution in [2.24, 2.45) is 5.84 Å². The first-order chi connectivity index (χ1) is 9.27. The maximum Gasteiger partial charge on any atom is 0.306 e. The highest BCUT2D eigenvalue weighted by Crippen LogP contribution is 2.36. The number of nitrogens with one attached hydrogen (secondary N) is 2. The summed E-state index contributed by atoms with van der Waals surface area (Å²) in [6, 6.07) is 0.964. The second kappa shape index (κ2) is 6.95. The number of rotatable bonds is 8. The molecular weight excluding hydrogens is 308 g/mol. The summed E-state index contributed by atoms with van der Waals surface area (Å²) in [5.41, 5.74) is 1.73. The summed E-state index contributed by atoms with van der Waals surface area (Å²) in [7, 11) is -3.81. The molecule has 9 nitrogen and oxygen atoms in total. The van der Waals surface area contributed by atoms with Crippen LogP contribution in [-0.2, 0) is 14.8 Å². The molecule has 0 radical (unpaired) electrons. The van der Waals surface area contributed by atoms with Gasteiger partial charge in [-0.05, 0) is 13.8 Å². The van der Waals surface area contributed by atoms with Crippen LogP contribution in [0.25, 0.3) is 0 Å². The zero-order valence-electron chi connectivity index (χ0n) is 11.0. The van der Waals surface area contributed by atoms with E-state index < -0.39 is 14.9 Å². The predicted molar refractivity (Wildman–Crippen MR) is 75.1 cm³/mol. The van der Waals surface area contributed by atoms with Crippen LogP contribution in [0.1, 0.15) is 13.8 Å². The van der Waals surface area contributed by atoms with E-state index in [9.17, 15) is 18.5 Å². The number of nitro groups is 1. The zero-order valence-corrected chi connectivity index (χ0v) is 12.6. The molecule has 0 saturated carbocycles. The van der Waals surface area contributed by atoms with Gasteiger partial charge in [-0.1, -0.05) is 11.3 Å². The summed E-state index contributed by atoms with van der Waals surface area (Å²) in [5.74, 6) is 5.12. The molecule has 11 heteroatoms. The molecule has 4 N–H and O–H groups in total. The largest absolute Gasteiger partial charge is 0.377 e. The Balaban J connectivity index is 2.80. The fourth-order valence-electron chi connectivity index (χ4n) is 1.27. The third kappa shape index (κ3) is 4.38. The summed E-state index contributed by atoms with van der Waals surface area (Å²) >= 11 is 0.690. The Labute approximate surface area is 120 Å². The zero-order chi connectivity index (χ0) is 15.3. The molecule has 1 heterocycles. The Hall–Kier alpha value is -1.27. The molecule has 0 spiro atoms. The highest BCUT2D eigenvalue weighted by atomic mass is 32.2. The molecule has 0 amide bonds. The predicted octanol–water partition coefficient (Wildman–Crippen LogP) is 0.645. The molecular formula is C9H16N4O5S2. The average Bonchev–Trinajstić information content (AvgIpc) is 2.79. The lowest BCUT2D eigenvalue weighted by Gasteiger charge is -2.08. The molecule has 0 aliphatic carbocycles. The molecule has 1 aromatic heterocycles. The van der Waals surface area contributed by atoms with Crippen molar-refractivity contribution in [1.82, 2.24) is 4.72 Å². The standard InChI is InChI=1S/C9H16N4O5S2/c1-6(2)18-4-3-11-20(16,17)8-5-7(13(14)15)9(12-10)19-8/h5-6,11-12H,3-4,10H2,1-2H3. The third-order valence-corrected chi connectivity index (χ3v) is 5.12. The van der Waals surface area contributed by atoms with Crippen LogP contribution < -0.4 is 16.0 Å². The van der Waals surface area contributed by atoms with Gasteiger partial charge in [-0.25, -0.2) is 19.0 Å². The maximum absolute atomic E-state index is 11.9. The minimum atomic E-state index is -3.81. The van der Waals surface area contributed by atoms with E-state index in [1.165, 1.54) is 0 Å². The van der Waals surface area contributed by atoms with Crippen LogP contribution in [0, 0.1) is 10.1 Å². The summed E-state index contributed by atoms with van der Waals surface area (Å²) < 4.78 is 31.2. The lowest BCUT2D eigenvalue weighted by atomic mass is 10.5. The van der Waals surface area contributed by atoms with Gasteiger partial charge in [0.2, 0.25) is 10.0 Å². The van der Waals surface area contributed by atoms with Crippen LogP contribution in [0.4, 0.5) is 10.7 Å². The number of thiophene rings is 1. The topological polar surface area (TPSA) is 137 Å². The molecule has 1 aromatic rings. The van der Waals surface area contributed by atoms with Crippen LogP contribution >= 0.6 is 11.3 Å². The number of hydrogen-bond donors (Lipinski definition) is 3. The molecule has 0 aliphatic rings. The van der Waals surface area contributed by atoms with Crippen molar-refractivity contribution in [2.75, 3.05) is 18.6 Å². The van der Waals surface area contributed by atoms with E-state index in [4.69, 9.17) is 10.6 Å². The van der Waals surface area contributed by atoms with Crippen molar-refractivity contribution in [3.05, 3.63) is 16.2 Å². The van der Waals surface area contributed by atoms with Gasteiger partial charge in [-0.15, -0.1) is 0 Å². The molecule has 114 valence electrons. The van der Waals surface area contributed by atoms with Gasteiger partial charge in [0, 0.05) is 12.6 Å². The van der Waals surface area contributed by atoms with Crippen LogP contribution in [-0.4, -0.2) is 32.6 Å². The van der Waals surface area contributed by atoms with Crippen molar-refractivity contribution in [3.63, 3.8) is 0 Å². The molecule has 0 aliphatic heterocycles. The number of ether oxygens (including phenoxy) is 1. The average molecular weight is 324 g/mol. The van der Waals surface area contributed by atoms with Crippen molar-refractivity contribution in [3.8, 4) is 0 Å². The smallest absolute Gasteiger partial charge is 0.306 e. The van der Waals surface area contributed by atoms with E-state index in [-0.39, 0.29) is 34.2 Å². The molecule has 1 rings (SSSR count). The number of sulfonamides is 1. The summed E-state index contributed by atoms with van der Waals surface area (Å²) in [6.07, 6.45) is -0.00429. The van der Waals surface area contributed by atoms with E-state index in [0.717, 1.165) is 6.07 Å². The Bertz CT molecular complexity index is 569. The van der Waals surface area contributed by atoms with Gasteiger partial charge in [0.05, 0.1) is 17.6 Å². The van der Waals surface area contributed by atoms with Crippen LogP contribution in [0.5, 0.6) is 0 Å². The first-order valence-electron chi connectivity index (χ1n) is 5.64. The third-order valence-electron chi connectivity index (χ3n) is 2.13. The summed E-state index contributed by atoms with van der Waals surface area (Å²) in [4.78, 5) is 10.0. The number of nitrogens with zero attached hydrogens (tertiary/aromatic N) is 1. The van der Waals surface area contributed by atoms with E-state index in [2.05, 4.69) is 10.1 Å². The monoisotopic (exact) mass is 324 g/mol. The first kappa shape index (κ1) is 16.8. The Morgan fingerprint density at radius 3 is 2.65 bits per heavy atom. The van der Waals surface area contributed by atoms with Gasteiger partial charge in [-0.3, -0.25) is 10.1 Å². The lowest BCUT2D eigenvalue weighted by Crippen LogP contribution is -2.27. The van der Waals surface area contributed by atoms with Crippen molar-refractivity contribution in [1.29, 1.82) is 0 Å². The molecule has 0 saturated heterocycles. The molecule has 0 fully saturated rings. The second-order valence-corrected chi connectivity index (χ2v) is 7.04. The number of hydrazine groups is 1. The fourth-order valence-corrected chi connectivity index (χ4v) is 3.57. The molecule has 20 heavy (non-hydrogen) atoms. The summed E-state index contributed by atoms with van der Waals surface area (Å²) in [5, 5.41) is 10.7. The highest BCUT2D eigenvalue weighted by Gasteiger charge is 2.25. The lowest BCUT2D eigenvalue weighted by molar-refractivity contribution is -0.383. The second-order valence-electron chi connectivity index (χ2n) is 4.00. The first-order valence-corrected chi connectivity index (χ1v) is 7.94. The number of nitrogens with two attached hydrogens (primary N) is 1. The normalized spacial score (nSPS) is 11.8. The van der Waals surface area contributed by atoms with Gasteiger partial charge >= 0.3 is 5.69 Å². The van der Waals surface area contributed by atoms with Gasteiger partial charge in [0.1, 0.15) is 4.21 Å². The SMILES string of the molecule is CC(C)OCCNS(=O)(=O)c1cc([N+](=O)[O-])c(NN)s1. The van der Waals surface area contributed by atoms with Crippen molar-refractivity contribution < 1.29 is 18.1 Å². The quantitative estimate of drug-likeness (QED) is 0.276. The van der Waals surface area contributed by atoms with E-state index in [1.54, 1.807) is 0 Å². The minimum absolute atomic E-state index is 0.00429. The number of hydrogen-bond acceptors (Lipinski definition) is 8. The highest BCUT2D eigenvalue weighted by molar-refractivity contribution is 7.91.